The Balaban J connectivity index is 1.28. The Kier molecular flexibility index (Phi) is 7.20. The number of fused-ring (bicyclic) bond motifs is 1. The summed E-state index contributed by atoms with van der Waals surface area (Å²) in [6, 6.07) is 6.90. The van der Waals surface area contributed by atoms with E-state index in [2.05, 4.69) is 16.9 Å². The number of hydrogen-bond donors (Lipinski definition) is 1. The summed E-state index contributed by atoms with van der Waals surface area (Å²) < 4.78 is 1.45. The van der Waals surface area contributed by atoms with Crippen molar-refractivity contribution in [3.63, 3.8) is 0 Å². The number of thiophene rings is 1. The largest absolute Gasteiger partial charge is 0.329 e. The number of carbonyl (C=O) groups is 3. The molecule has 1 unspecified atom stereocenters. The predicted octanol–water partition coefficient (Wildman–Crippen LogP) is 5.16. The average molecular weight is 518 g/mol. The third kappa shape index (κ3) is 5.07. The lowest BCUT2D eigenvalue weighted by Gasteiger charge is -2.26. The Morgan fingerprint density at radius 2 is 1.84 bits per heavy atom. The Morgan fingerprint density at radius 3 is 2.54 bits per heavy atom. The molecule has 1 aromatic carbocycles. The van der Waals surface area contributed by atoms with Crippen molar-refractivity contribution in [1.82, 2.24) is 14.9 Å². The van der Waals surface area contributed by atoms with Crippen LogP contribution in [-0.4, -0.2) is 27.0 Å². The normalized spacial score (nSPS) is 18.7. The number of amides is 1. The molecule has 1 saturated heterocycles. The van der Waals surface area contributed by atoms with Gasteiger partial charge in [-0.25, -0.2) is 4.98 Å². The molecule has 2 aromatic heterocycles. The predicted molar refractivity (Wildman–Crippen MR) is 144 cm³/mol. The quantitative estimate of drug-likeness (QED) is 0.345. The number of rotatable bonds is 7. The summed E-state index contributed by atoms with van der Waals surface area (Å²) in [6.07, 6.45) is 7.63. The van der Waals surface area contributed by atoms with E-state index in [9.17, 15) is 19.2 Å². The highest BCUT2D eigenvalue weighted by Gasteiger charge is 2.29. The average Bonchev–Trinajstić information content (AvgIpc) is 3.31. The molecule has 1 aliphatic heterocycles. The van der Waals surface area contributed by atoms with E-state index >= 15 is 0 Å². The number of ketones is 2. The van der Waals surface area contributed by atoms with Gasteiger partial charge in [-0.3, -0.25) is 23.7 Å². The van der Waals surface area contributed by atoms with Gasteiger partial charge in [0.05, 0.1) is 10.9 Å². The van der Waals surface area contributed by atoms with Crippen LogP contribution in [0.5, 0.6) is 0 Å². The van der Waals surface area contributed by atoms with Gasteiger partial charge in [0.1, 0.15) is 11.9 Å². The number of Topliss-reactive ketones (excluding diaryl/α,β-unsaturated/α-hetero) is 2. The van der Waals surface area contributed by atoms with Crippen LogP contribution in [-0.2, 0) is 16.0 Å². The molecule has 0 bridgehead atoms. The van der Waals surface area contributed by atoms with Crippen LogP contribution in [0.1, 0.15) is 89.9 Å². The molecule has 0 spiro atoms. The highest BCUT2D eigenvalue weighted by molar-refractivity contribution is 7.11. The molecular formula is C29H31N3O4S. The maximum Gasteiger partial charge on any atom is 0.262 e. The molecule has 8 heteroatoms. The second kappa shape index (κ2) is 10.5. The molecule has 1 saturated carbocycles. The minimum Gasteiger partial charge on any atom is -0.329 e. The maximum atomic E-state index is 13.3. The molecule has 3 heterocycles. The SMILES string of the molecule is C=C1CCC(n2c(C)nc3c(CCC(=O)C(=O)c4ccc(C5CCCCC5)cc4)scc3c2=O)C(=O)N1. The topological polar surface area (TPSA) is 98.1 Å². The highest BCUT2D eigenvalue weighted by Crippen LogP contribution is 2.33. The van der Waals surface area contributed by atoms with Gasteiger partial charge in [0.15, 0.2) is 0 Å². The number of aromatic nitrogens is 2. The van der Waals surface area contributed by atoms with Gasteiger partial charge in [-0.2, -0.15) is 0 Å². The Bertz CT molecular complexity index is 1440. The fourth-order valence-electron chi connectivity index (χ4n) is 5.56. The maximum absolute atomic E-state index is 13.3. The van der Waals surface area contributed by atoms with Crippen molar-refractivity contribution >= 4 is 39.7 Å². The van der Waals surface area contributed by atoms with Gasteiger partial charge in [-0.05, 0) is 50.5 Å². The summed E-state index contributed by atoms with van der Waals surface area (Å²) in [5, 5.41) is 4.88. The molecular weight excluding hydrogens is 486 g/mol. The van der Waals surface area contributed by atoms with Crippen LogP contribution in [0.15, 0.2) is 46.7 Å². The second-order valence-corrected chi connectivity index (χ2v) is 11.1. The molecule has 1 aliphatic carbocycles. The Morgan fingerprint density at radius 1 is 1.11 bits per heavy atom. The van der Waals surface area contributed by atoms with E-state index in [1.165, 1.54) is 53.6 Å². The molecule has 192 valence electrons. The molecule has 1 atom stereocenters. The fraction of sp³-hybridized carbons (Fsp3) is 0.414. The van der Waals surface area contributed by atoms with E-state index in [-0.39, 0.29) is 17.9 Å². The lowest BCUT2D eigenvalue weighted by molar-refractivity contribution is -0.125. The molecule has 1 amide bonds. The first kappa shape index (κ1) is 25.3. The molecule has 1 N–H and O–H groups in total. The molecule has 3 aromatic rings. The summed E-state index contributed by atoms with van der Waals surface area (Å²) in [5.41, 5.74) is 2.60. The highest BCUT2D eigenvalue weighted by atomic mass is 32.1. The third-order valence-corrected chi connectivity index (χ3v) is 8.66. The fourth-order valence-corrected chi connectivity index (χ4v) is 6.52. The summed E-state index contributed by atoms with van der Waals surface area (Å²) in [5.74, 6) is -0.184. The standard InChI is InChI=1S/C29H31N3O4S/c1-17-8-13-23(28(35)30-17)32-18(2)31-26-22(29(32)36)16-37-25(26)15-14-24(33)27(34)21-11-9-20(10-12-21)19-6-4-3-5-7-19/h9-12,16,19,23H,1,3-8,13-15H2,2H3,(H,30,35). The zero-order valence-corrected chi connectivity index (χ0v) is 21.9. The van der Waals surface area contributed by atoms with Gasteiger partial charge in [0.2, 0.25) is 17.5 Å². The lowest BCUT2D eigenvalue weighted by atomic mass is 9.84. The number of allylic oxidation sites excluding steroid dienone is 1. The smallest absolute Gasteiger partial charge is 0.262 e. The van der Waals surface area contributed by atoms with E-state index in [0.29, 0.717) is 53.2 Å². The minimum atomic E-state index is -0.623. The molecule has 37 heavy (non-hydrogen) atoms. The number of aryl methyl sites for hydroxylation is 2. The first-order chi connectivity index (χ1) is 17.8. The van der Waals surface area contributed by atoms with Crippen LogP contribution in [0.25, 0.3) is 10.9 Å². The minimum absolute atomic E-state index is 0.0514. The van der Waals surface area contributed by atoms with Gasteiger partial charge in [0.25, 0.3) is 5.56 Å². The van der Waals surface area contributed by atoms with Gasteiger partial charge in [-0.15, -0.1) is 11.3 Å². The van der Waals surface area contributed by atoms with Crippen LogP contribution in [0.4, 0.5) is 0 Å². The van der Waals surface area contributed by atoms with Crippen molar-refractivity contribution in [3.05, 3.63) is 74.1 Å². The monoisotopic (exact) mass is 517 g/mol. The molecule has 2 aliphatic rings. The van der Waals surface area contributed by atoms with E-state index in [4.69, 9.17) is 0 Å². The molecule has 7 nitrogen and oxygen atoms in total. The molecule has 2 fully saturated rings. The Labute approximate surface area is 219 Å². The van der Waals surface area contributed by atoms with Gasteiger partial charge >= 0.3 is 0 Å². The number of carbonyl (C=O) groups excluding carboxylic acids is 3. The van der Waals surface area contributed by atoms with E-state index in [0.717, 1.165) is 4.88 Å². The first-order valence-corrected chi connectivity index (χ1v) is 13.9. The Hall–Kier alpha value is -3.39. The zero-order chi connectivity index (χ0) is 26.1. The zero-order valence-electron chi connectivity index (χ0n) is 21.0. The van der Waals surface area contributed by atoms with Crippen LogP contribution in [0.3, 0.4) is 0 Å². The van der Waals surface area contributed by atoms with Crippen LogP contribution in [0.2, 0.25) is 0 Å². The first-order valence-electron chi connectivity index (χ1n) is 13.0. The van der Waals surface area contributed by atoms with Crippen molar-refractivity contribution in [1.29, 1.82) is 0 Å². The van der Waals surface area contributed by atoms with Gasteiger partial charge in [0, 0.05) is 27.9 Å². The number of benzene rings is 1. The van der Waals surface area contributed by atoms with Crippen molar-refractivity contribution in [3.8, 4) is 0 Å². The van der Waals surface area contributed by atoms with Gasteiger partial charge < -0.3 is 5.32 Å². The number of piperidine rings is 1. The van der Waals surface area contributed by atoms with Crippen LogP contribution >= 0.6 is 11.3 Å². The van der Waals surface area contributed by atoms with Crippen molar-refractivity contribution in [2.45, 2.75) is 76.7 Å². The number of hydrogen-bond acceptors (Lipinski definition) is 6. The second-order valence-electron chi connectivity index (χ2n) is 10.1. The van der Waals surface area contributed by atoms with Crippen molar-refractivity contribution < 1.29 is 14.4 Å². The van der Waals surface area contributed by atoms with Crippen molar-refractivity contribution in [2.24, 2.45) is 0 Å². The summed E-state index contributed by atoms with van der Waals surface area (Å²) in [6.45, 7) is 5.51. The van der Waals surface area contributed by atoms with E-state index < -0.39 is 17.6 Å². The van der Waals surface area contributed by atoms with Crippen LogP contribution < -0.4 is 10.9 Å². The summed E-state index contributed by atoms with van der Waals surface area (Å²) >= 11 is 1.36. The van der Waals surface area contributed by atoms with E-state index in [1.807, 2.05) is 12.1 Å². The van der Waals surface area contributed by atoms with Gasteiger partial charge in [-0.1, -0.05) is 50.1 Å². The number of nitrogens with zero attached hydrogens (tertiary/aromatic N) is 2. The molecule has 5 rings (SSSR count). The summed E-state index contributed by atoms with van der Waals surface area (Å²) in [4.78, 5) is 56.7. The number of nitrogens with one attached hydrogen (secondary N) is 1. The van der Waals surface area contributed by atoms with Crippen molar-refractivity contribution in [2.75, 3.05) is 0 Å². The lowest BCUT2D eigenvalue weighted by Crippen LogP contribution is -2.41. The summed E-state index contributed by atoms with van der Waals surface area (Å²) in [7, 11) is 0. The van der Waals surface area contributed by atoms with E-state index in [1.54, 1.807) is 24.4 Å². The third-order valence-electron chi connectivity index (χ3n) is 7.63. The molecule has 0 radical (unpaired) electrons. The van der Waals surface area contributed by atoms with Crippen LogP contribution in [0, 0.1) is 6.92 Å².